The molecule has 0 N–H and O–H groups in total. The smallest absolute Gasteiger partial charge is 0.175 e. The number of halogens is 2. The second kappa shape index (κ2) is 5.00. The van der Waals surface area contributed by atoms with Crippen molar-refractivity contribution >= 4 is 33.8 Å². The van der Waals surface area contributed by atoms with Crippen LogP contribution in [0.5, 0.6) is 5.75 Å². The summed E-state index contributed by atoms with van der Waals surface area (Å²) in [5.41, 5.74) is 1.37. The predicted molar refractivity (Wildman–Crippen MR) is 79.1 cm³/mol. The summed E-state index contributed by atoms with van der Waals surface area (Å²) in [4.78, 5) is 9.42. The van der Waals surface area contributed by atoms with Crippen molar-refractivity contribution in [1.29, 1.82) is 0 Å². The fourth-order valence-electron chi connectivity index (χ4n) is 2.01. The highest BCUT2D eigenvalue weighted by atomic mass is 35.5. The molecule has 3 nitrogen and oxygen atoms in total. The third-order valence-electron chi connectivity index (χ3n) is 3.01. The number of fused-ring (bicyclic) bond motifs is 1. The van der Waals surface area contributed by atoms with Crippen LogP contribution in [0.1, 0.15) is 5.56 Å². The van der Waals surface area contributed by atoms with Crippen molar-refractivity contribution in [2.75, 3.05) is 7.11 Å². The normalized spacial score (nSPS) is 11.0. The van der Waals surface area contributed by atoms with Crippen molar-refractivity contribution in [3.63, 3.8) is 0 Å². The fraction of sp³-hybridized carbons (Fsp3) is 0.143. The molecule has 2 aromatic heterocycles. The largest absolute Gasteiger partial charge is 0.495 e. The molecule has 20 heavy (non-hydrogen) atoms. The van der Waals surface area contributed by atoms with Crippen molar-refractivity contribution in [2.45, 2.75) is 6.92 Å². The van der Waals surface area contributed by atoms with E-state index in [2.05, 4.69) is 9.97 Å². The van der Waals surface area contributed by atoms with E-state index in [-0.39, 0.29) is 10.5 Å². The van der Waals surface area contributed by atoms with Crippen molar-refractivity contribution in [2.24, 2.45) is 0 Å². The van der Waals surface area contributed by atoms with Crippen LogP contribution in [0.4, 0.5) is 4.39 Å². The summed E-state index contributed by atoms with van der Waals surface area (Å²) in [6, 6.07) is 4.88. The standard InChI is InChI=1S/C14H10ClFN2OS/c1-7-3-4-8(16)10-11(7)17-14(18-13(10)15)12-9(19-2)5-6-20-12/h3-6H,1-2H3. The summed E-state index contributed by atoms with van der Waals surface area (Å²) in [6.07, 6.45) is 0. The van der Waals surface area contributed by atoms with Gasteiger partial charge in [-0.15, -0.1) is 11.3 Å². The molecule has 0 saturated heterocycles. The van der Waals surface area contributed by atoms with E-state index in [0.717, 1.165) is 10.4 Å². The first kappa shape index (κ1) is 13.3. The van der Waals surface area contributed by atoms with Gasteiger partial charge < -0.3 is 4.74 Å². The third-order valence-corrected chi connectivity index (χ3v) is 4.17. The predicted octanol–water partition coefficient (Wildman–Crippen LogP) is 4.47. The first-order chi connectivity index (χ1) is 9.61. The Morgan fingerprint density at radius 1 is 1.25 bits per heavy atom. The zero-order chi connectivity index (χ0) is 14.3. The molecule has 0 saturated carbocycles. The first-order valence-electron chi connectivity index (χ1n) is 5.86. The van der Waals surface area contributed by atoms with Gasteiger partial charge in [-0.2, -0.15) is 0 Å². The Kier molecular flexibility index (Phi) is 3.31. The maximum Gasteiger partial charge on any atom is 0.175 e. The van der Waals surface area contributed by atoms with Crippen molar-refractivity contribution in [3.05, 3.63) is 40.1 Å². The quantitative estimate of drug-likeness (QED) is 0.655. The number of hydrogen-bond donors (Lipinski definition) is 0. The van der Waals surface area contributed by atoms with E-state index < -0.39 is 5.82 Å². The van der Waals surface area contributed by atoms with Crippen LogP contribution in [0, 0.1) is 12.7 Å². The van der Waals surface area contributed by atoms with Crippen LogP contribution >= 0.6 is 22.9 Å². The topological polar surface area (TPSA) is 35.0 Å². The lowest BCUT2D eigenvalue weighted by Gasteiger charge is -2.07. The number of methoxy groups -OCH3 is 1. The minimum atomic E-state index is -0.416. The molecule has 0 unspecified atom stereocenters. The lowest BCUT2D eigenvalue weighted by Crippen LogP contribution is -1.95. The van der Waals surface area contributed by atoms with Gasteiger partial charge in [0.15, 0.2) is 5.82 Å². The molecule has 0 radical (unpaired) electrons. The SMILES string of the molecule is COc1ccsc1-c1nc(Cl)c2c(F)ccc(C)c2n1. The van der Waals surface area contributed by atoms with E-state index in [0.29, 0.717) is 17.1 Å². The molecule has 0 aliphatic heterocycles. The van der Waals surface area contributed by atoms with E-state index in [4.69, 9.17) is 16.3 Å². The van der Waals surface area contributed by atoms with Crippen LogP contribution in [0.3, 0.4) is 0 Å². The molecular weight excluding hydrogens is 299 g/mol. The number of rotatable bonds is 2. The van der Waals surface area contributed by atoms with Gasteiger partial charge in [-0.05, 0) is 30.0 Å². The van der Waals surface area contributed by atoms with Crippen LogP contribution in [0.15, 0.2) is 23.6 Å². The van der Waals surface area contributed by atoms with Crippen LogP contribution in [-0.4, -0.2) is 17.1 Å². The van der Waals surface area contributed by atoms with E-state index in [9.17, 15) is 4.39 Å². The van der Waals surface area contributed by atoms with E-state index in [1.807, 2.05) is 18.4 Å². The molecule has 0 bridgehead atoms. The summed E-state index contributed by atoms with van der Waals surface area (Å²) in [5, 5.41) is 2.25. The molecule has 1 aromatic carbocycles. The lowest BCUT2D eigenvalue weighted by atomic mass is 10.1. The van der Waals surface area contributed by atoms with E-state index in [1.165, 1.54) is 17.4 Å². The molecule has 0 amide bonds. The Bertz CT molecular complexity index is 803. The molecule has 0 atom stereocenters. The molecule has 3 rings (SSSR count). The summed E-state index contributed by atoms with van der Waals surface area (Å²) in [7, 11) is 1.58. The van der Waals surface area contributed by atoms with Gasteiger partial charge >= 0.3 is 0 Å². The fourth-order valence-corrected chi connectivity index (χ4v) is 3.07. The Balaban J connectivity index is 2.32. The number of nitrogens with zero attached hydrogens (tertiary/aromatic N) is 2. The number of aromatic nitrogens is 2. The average molecular weight is 309 g/mol. The molecule has 0 aliphatic rings. The maximum absolute atomic E-state index is 13.9. The molecule has 2 heterocycles. The second-order valence-corrected chi connectivity index (χ2v) is 5.52. The minimum absolute atomic E-state index is 0.113. The number of ether oxygens (including phenoxy) is 1. The highest BCUT2D eigenvalue weighted by Crippen LogP contribution is 2.36. The highest BCUT2D eigenvalue weighted by Gasteiger charge is 2.16. The van der Waals surface area contributed by atoms with Crippen molar-refractivity contribution in [1.82, 2.24) is 9.97 Å². The highest BCUT2D eigenvalue weighted by molar-refractivity contribution is 7.13. The van der Waals surface area contributed by atoms with Crippen molar-refractivity contribution in [3.8, 4) is 16.5 Å². The Morgan fingerprint density at radius 2 is 2.05 bits per heavy atom. The summed E-state index contributed by atoms with van der Waals surface area (Å²) in [6.45, 7) is 1.86. The minimum Gasteiger partial charge on any atom is -0.495 e. The average Bonchev–Trinajstić information content (AvgIpc) is 2.91. The third kappa shape index (κ3) is 2.03. The zero-order valence-electron chi connectivity index (χ0n) is 10.8. The Morgan fingerprint density at radius 3 is 2.80 bits per heavy atom. The van der Waals surface area contributed by atoms with E-state index >= 15 is 0 Å². The summed E-state index contributed by atoms with van der Waals surface area (Å²) in [5.74, 6) is 0.711. The van der Waals surface area contributed by atoms with Crippen LogP contribution in [-0.2, 0) is 0 Å². The number of aryl methyl sites for hydroxylation is 1. The molecule has 0 aliphatic carbocycles. The van der Waals surface area contributed by atoms with Gasteiger partial charge in [-0.1, -0.05) is 17.7 Å². The number of benzene rings is 1. The van der Waals surface area contributed by atoms with Gasteiger partial charge in [0.25, 0.3) is 0 Å². The van der Waals surface area contributed by atoms with Gasteiger partial charge in [-0.25, -0.2) is 14.4 Å². The molecule has 6 heteroatoms. The van der Waals surface area contributed by atoms with Crippen molar-refractivity contribution < 1.29 is 9.13 Å². The maximum atomic E-state index is 13.9. The van der Waals surface area contributed by atoms with Gasteiger partial charge in [0.05, 0.1) is 18.0 Å². The Hall–Kier alpha value is -1.72. The summed E-state index contributed by atoms with van der Waals surface area (Å²) < 4.78 is 19.1. The molecule has 3 aromatic rings. The van der Waals surface area contributed by atoms with Gasteiger partial charge in [0.1, 0.15) is 21.6 Å². The van der Waals surface area contributed by atoms with Gasteiger partial charge in [0.2, 0.25) is 0 Å². The van der Waals surface area contributed by atoms with E-state index in [1.54, 1.807) is 13.2 Å². The molecule has 102 valence electrons. The van der Waals surface area contributed by atoms with Crippen LogP contribution in [0.25, 0.3) is 21.6 Å². The first-order valence-corrected chi connectivity index (χ1v) is 7.11. The monoisotopic (exact) mass is 308 g/mol. The molecule has 0 fully saturated rings. The van der Waals surface area contributed by atoms with Gasteiger partial charge in [-0.3, -0.25) is 0 Å². The lowest BCUT2D eigenvalue weighted by molar-refractivity contribution is 0.418. The Labute approximate surface area is 124 Å². The number of hydrogen-bond acceptors (Lipinski definition) is 4. The van der Waals surface area contributed by atoms with Crippen LogP contribution in [0.2, 0.25) is 5.15 Å². The molecular formula is C14H10ClFN2OS. The van der Waals surface area contributed by atoms with Gasteiger partial charge in [0, 0.05) is 0 Å². The second-order valence-electron chi connectivity index (χ2n) is 4.24. The number of thiophene rings is 1. The zero-order valence-corrected chi connectivity index (χ0v) is 12.3. The molecule has 0 spiro atoms. The van der Waals surface area contributed by atoms with Crippen LogP contribution < -0.4 is 4.74 Å². The summed E-state index contributed by atoms with van der Waals surface area (Å²) >= 11 is 7.58.